The minimum atomic E-state index is -0.0573. The normalized spacial score (nSPS) is 9.33. The minimum Gasteiger partial charge on any atom is -0.363 e. The molecule has 1 amide bonds. The van der Waals surface area contributed by atoms with E-state index in [1.54, 1.807) is 6.08 Å². The van der Waals surface area contributed by atoms with Crippen molar-refractivity contribution in [3.05, 3.63) is 25.1 Å². The maximum absolute atomic E-state index is 11.0. The molecule has 0 aliphatic carbocycles. The summed E-state index contributed by atoms with van der Waals surface area (Å²) in [5.74, 6) is -0.0573. The predicted octanol–water partition coefficient (Wildman–Crippen LogP) is 1.58. The molecular weight excluding hydrogens is 156 g/mol. The number of hydrogen-bond acceptors (Lipinski definition) is 3. The van der Waals surface area contributed by atoms with E-state index >= 15 is 0 Å². The van der Waals surface area contributed by atoms with Crippen molar-refractivity contribution >= 4 is 11.6 Å². The second-order valence-corrected chi connectivity index (χ2v) is 2.29. The first kappa shape index (κ1) is 8.52. The molecule has 1 heterocycles. The lowest BCUT2D eigenvalue weighted by Gasteiger charge is -1.97. The Labute approximate surface area is 70.2 Å². The Kier molecular flexibility index (Phi) is 3.07. The molecule has 0 aromatic carbocycles. The summed E-state index contributed by atoms with van der Waals surface area (Å²) < 4.78 is 4.53. The van der Waals surface area contributed by atoms with Gasteiger partial charge in [-0.05, 0) is 6.42 Å². The lowest BCUT2D eigenvalue weighted by molar-refractivity contribution is -0.116. The average molecular weight is 166 g/mol. The molecule has 12 heavy (non-hydrogen) atoms. The molecule has 0 saturated heterocycles. The van der Waals surface area contributed by atoms with Gasteiger partial charge in [-0.25, -0.2) is 0 Å². The first-order valence-corrected chi connectivity index (χ1v) is 3.63. The van der Waals surface area contributed by atoms with Crippen LogP contribution in [-0.2, 0) is 4.79 Å². The van der Waals surface area contributed by atoms with Crippen LogP contribution in [0.4, 0.5) is 5.69 Å². The molecule has 4 heteroatoms. The Balaban J connectivity index is 2.32. The van der Waals surface area contributed by atoms with Crippen molar-refractivity contribution in [2.45, 2.75) is 12.8 Å². The number of aromatic nitrogens is 1. The largest absolute Gasteiger partial charge is 0.363 e. The molecule has 0 fully saturated rings. The number of hydrogen-bond donors (Lipinski definition) is 1. The number of nitrogens with zero attached hydrogens (tertiary/aromatic N) is 1. The third-order valence-electron chi connectivity index (χ3n) is 1.29. The number of carbonyl (C=O) groups excluding carboxylic acids is 1. The molecule has 1 rings (SSSR count). The van der Waals surface area contributed by atoms with Crippen LogP contribution in [0.2, 0.25) is 0 Å². The van der Waals surface area contributed by atoms with Gasteiger partial charge >= 0.3 is 0 Å². The van der Waals surface area contributed by atoms with Gasteiger partial charge < -0.3 is 9.84 Å². The summed E-state index contributed by atoms with van der Waals surface area (Å²) in [6.45, 7) is 3.52. The van der Waals surface area contributed by atoms with E-state index in [4.69, 9.17) is 0 Å². The molecule has 64 valence electrons. The number of nitrogens with one attached hydrogen (secondary N) is 1. The standard InChI is InChI=1S/C8H10N2O2/c1-2-3-4-8(11)10-7-5-9-12-6-7/h2,5-6H,1,3-4H2,(H,10,11). The third-order valence-corrected chi connectivity index (χ3v) is 1.29. The Hall–Kier alpha value is -1.58. The van der Waals surface area contributed by atoms with Crippen LogP contribution >= 0.6 is 0 Å². The van der Waals surface area contributed by atoms with E-state index < -0.39 is 0 Å². The van der Waals surface area contributed by atoms with Crippen molar-refractivity contribution in [3.63, 3.8) is 0 Å². The fourth-order valence-electron chi connectivity index (χ4n) is 0.723. The zero-order valence-electron chi connectivity index (χ0n) is 6.62. The molecule has 1 N–H and O–H groups in total. The van der Waals surface area contributed by atoms with E-state index in [9.17, 15) is 4.79 Å². The summed E-state index contributed by atoms with van der Waals surface area (Å²) in [5, 5.41) is 6.06. The Morgan fingerprint density at radius 3 is 3.25 bits per heavy atom. The molecule has 0 saturated carbocycles. The molecule has 0 atom stereocenters. The topological polar surface area (TPSA) is 55.1 Å². The van der Waals surface area contributed by atoms with Crippen molar-refractivity contribution in [1.29, 1.82) is 0 Å². The number of carbonyl (C=O) groups is 1. The van der Waals surface area contributed by atoms with Gasteiger partial charge in [0.2, 0.25) is 5.91 Å². The molecule has 0 radical (unpaired) electrons. The van der Waals surface area contributed by atoms with E-state index in [1.165, 1.54) is 12.5 Å². The summed E-state index contributed by atoms with van der Waals surface area (Å²) in [6, 6.07) is 0. The van der Waals surface area contributed by atoms with Gasteiger partial charge in [0.05, 0.1) is 6.20 Å². The Morgan fingerprint density at radius 2 is 2.67 bits per heavy atom. The SMILES string of the molecule is C=CCCC(=O)Nc1cnoc1. The summed E-state index contributed by atoms with van der Waals surface area (Å²) in [4.78, 5) is 11.0. The van der Waals surface area contributed by atoms with Crippen LogP contribution in [0.3, 0.4) is 0 Å². The second kappa shape index (κ2) is 4.33. The number of rotatable bonds is 4. The van der Waals surface area contributed by atoms with Crippen LogP contribution in [0.1, 0.15) is 12.8 Å². The predicted molar refractivity (Wildman–Crippen MR) is 44.6 cm³/mol. The minimum absolute atomic E-state index is 0.0573. The molecule has 1 aromatic heterocycles. The van der Waals surface area contributed by atoms with E-state index in [2.05, 4.69) is 21.6 Å². The first-order valence-electron chi connectivity index (χ1n) is 3.63. The van der Waals surface area contributed by atoms with Gasteiger partial charge in [0.15, 0.2) is 0 Å². The van der Waals surface area contributed by atoms with Gasteiger partial charge in [0, 0.05) is 6.42 Å². The van der Waals surface area contributed by atoms with Crippen molar-refractivity contribution in [3.8, 4) is 0 Å². The van der Waals surface area contributed by atoms with Gasteiger partial charge in [-0.1, -0.05) is 11.2 Å². The molecule has 4 nitrogen and oxygen atoms in total. The van der Waals surface area contributed by atoms with Gasteiger partial charge in [-0.2, -0.15) is 0 Å². The van der Waals surface area contributed by atoms with Crippen LogP contribution in [0.15, 0.2) is 29.6 Å². The van der Waals surface area contributed by atoms with Crippen molar-refractivity contribution in [2.75, 3.05) is 5.32 Å². The Bertz CT molecular complexity index is 254. The smallest absolute Gasteiger partial charge is 0.224 e. The van der Waals surface area contributed by atoms with Gasteiger partial charge in [0.25, 0.3) is 0 Å². The van der Waals surface area contributed by atoms with E-state index in [-0.39, 0.29) is 5.91 Å². The molecule has 0 spiro atoms. The zero-order chi connectivity index (χ0) is 8.81. The van der Waals surface area contributed by atoms with Crippen molar-refractivity contribution in [1.82, 2.24) is 5.16 Å². The monoisotopic (exact) mass is 166 g/mol. The highest BCUT2D eigenvalue weighted by Crippen LogP contribution is 2.04. The van der Waals surface area contributed by atoms with Crippen molar-refractivity contribution < 1.29 is 9.32 Å². The summed E-state index contributed by atoms with van der Waals surface area (Å²) in [6.07, 6.45) is 5.65. The maximum Gasteiger partial charge on any atom is 0.224 e. The Morgan fingerprint density at radius 1 is 1.83 bits per heavy atom. The molecule has 0 aliphatic rings. The molecule has 0 unspecified atom stereocenters. The lowest BCUT2D eigenvalue weighted by Crippen LogP contribution is -2.09. The summed E-state index contributed by atoms with van der Waals surface area (Å²) in [7, 11) is 0. The lowest BCUT2D eigenvalue weighted by atomic mass is 10.3. The molecule has 0 aliphatic heterocycles. The highest BCUT2D eigenvalue weighted by atomic mass is 16.5. The van der Waals surface area contributed by atoms with Crippen LogP contribution in [0.25, 0.3) is 0 Å². The molecule has 1 aromatic rings. The second-order valence-electron chi connectivity index (χ2n) is 2.29. The fraction of sp³-hybridized carbons (Fsp3) is 0.250. The average Bonchev–Trinajstić information content (AvgIpc) is 2.53. The number of anilines is 1. The van der Waals surface area contributed by atoms with Gasteiger partial charge in [-0.15, -0.1) is 6.58 Å². The number of amides is 1. The molecule has 0 bridgehead atoms. The third kappa shape index (κ3) is 2.57. The zero-order valence-corrected chi connectivity index (χ0v) is 6.62. The van der Waals surface area contributed by atoms with Crippen LogP contribution in [0.5, 0.6) is 0 Å². The quantitative estimate of drug-likeness (QED) is 0.691. The van der Waals surface area contributed by atoms with E-state index in [0.29, 0.717) is 18.5 Å². The van der Waals surface area contributed by atoms with Crippen molar-refractivity contribution in [2.24, 2.45) is 0 Å². The summed E-state index contributed by atoms with van der Waals surface area (Å²) in [5.41, 5.74) is 0.587. The first-order chi connectivity index (χ1) is 5.83. The summed E-state index contributed by atoms with van der Waals surface area (Å²) >= 11 is 0. The van der Waals surface area contributed by atoms with E-state index in [1.807, 2.05) is 0 Å². The van der Waals surface area contributed by atoms with Crippen LogP contribution in [0, 0.1) is 0 Å². The number of allylic oxidation sites excluding steroid dienone is 1. The molecular formula is C8H10N2O2. The maximum atomic E-state index is 11.0. The van der Waals surface area contributed by atoms with Crippen LogP contribution < -0.4 is 5.32 Å². The highest BCUT2D eigenvalue weighted by Gasteiger charge is 2.01. The highest BCUT2D eigenvalue weighted by molar-refractivity contribution is 5.90. The van der Waals surface area contributed by atoms with E-state index in [0.717, 1.165) is 0 Å². The van der Waals surface area contributed by atoms with Gasteiger partial charge in [0.1, 0.15) is 12.0 Å². The van der Waals surface area contributed by atoms with Crippen LogP contribution in [-0.4, -0.2) is 11.1 Å². The van der Waals surface area contributed by atoms with Gasteiger partial charge in [-0.3, -0.25) is 4.79 Å². The fourth-order valence-corrected chi connectivity index (χ4v) is 0.723.